The van der Waals surface area contributed by atoms with E-state index in [4.69, 9.17) is 9.40 Å². The minimum absolute atomic E-state index is 0.678. The second-order valence-corrected chi connectivity index (χ2v) is 9.67. The first kappa shape index (κ1) is 19.2. The van der Waals surface area contributed by atoms with Crippen LogP contribution in [0.3, 0.4) is 0 Å². The van der Waals surface area contributed by atoms with Crippen molar-refractivity contribution in [3.05, 3.63) is 83.2 Å². The van der Waals surface area contributed by atoms with Gasteiger partial charge < -0.3 is 4.42 Å². The van der Waals surface area contributed by atoms with Crippen molar-refractivity contribution >= 4 is 43.5 Å². The van der Waals surface area contributed by atoms with Crippen LogP contribution in [0.1, 0.15) is 22.4 Å². The van der Waals surface area contributed by atoms with Gasteiger partial charge in [0.25, 0.3) is 0 Å². The zero-order valence-electron chi connectivity index (χ0n) is 18.5. The minimum Gasteiger partial charge on any atom is -0.437 e. The van der Waals surface area contributed by atoms with E-state index in [1.54, 1.807) is 0 Å². The fourth-order valence-corrected chi connectivity index (χ4v) is 5.99. The molecular weight excluding hydrogens is 412 g/mol. The third-order valence-corrected chi connectivity index (χ3v) is 7.22. The Bertz CT molecular complexity index is 1650. The van der Waals surface area contributed by atoms with Crippen molar-refractivity contribution in [1.82, 2.24) is 9.97 Å². The van der Waals surface area contributed by atoms with Crippen LogP contribution < -0.4 is 0 Å². The molecule has 32 heavy (non-hydrogen) atoms. The Morgan fingerprint density at radius 1 is 0.844 bits per heavy atom. The highest BCUT2D eigenvalue weighted by molar-refractivity contribution is 7.22. The number of nitrogens with zero attached hydrogens (tertiary/aromatic N) is 2. The average Bonchev–Trinajstić information content (AvgIpc) is 3.32. The van der Waals surface area contributed by atoms with Crippen LogP contribution >= 0.6 is 11.3 Å². The van der Waals surface area contributed by atoms with Gasteiger partial charge >= 0.3 is 0 Å². The maximum Gasteiger partial charge on any atom is 0.227 e. The van der Waals surface area contributed by atoms with Gasteiger partial charge in [0, 0.05) is 43.2 Å². The van der Waals surface area contributed by atoms with Gasteiger partial charge in [-0.25, -0.2) is 4.98 Å². The van der Waals surface area contributed by atoms with E-state index >= 15 is 0 Å². The Morgan fingerprint density at radius 2 is 1.66 bits per heavy atom. The normalized spacial score (nSPS) is 11.8. The second kappa shape index (κ2) is 7.01. The van der Waals surface area contributed by atoms with Gasteiger partial charge in [-0.15, -0.1) is 11.3 Å². The summed E-state index contributed by atoms with van der Waals surface area (Å²) in [7, 11) is 0. The van der Waals surface area contributed by atoms with E-state index in [0.29, 0.717) is 5.71 Å². The molecule has 0 atom stereocenters. The lowest BCUT2D eigenvalue weighted by Crippen LogP contribution is -1.87. The lowest BCUT2D eigenvalue weighted by Gasteiger charge is -2.09. The zero-order valence-corrected chi connectivity index (χ0v) is 19.3. The Balaban J connectivity index is 1.53. The van der Waals surface area contributed by atoms with Gasteiger partial charge in [0.15, 0.2) is 0 Å². The maximum absolute atomic E-state index is 6.20. The Labute approximate surface area is 190 Å². The van der Waals surface area contributed by atoms with Crippen molar-refractivity contribution in [2.75, 3.05) is 0 Å². The summed E-state index contributed by atoms with van der Waals surface area (Å²) in [5, 5.41) is 3.28. The summed E-state index contributed by atoms with van der Waals surface area (Å²) in [4.78, 5) is 10.7. The fourth-order valence-electron chi connectivity index (χ4n) is 4.75. The van der Waals surface area contributed by atoms with Crippen LogP contribution in [0.15, 0.2) is 65.2 Å². The highest BCUT2D eigenvalue weighted by Crippen LogP contribution is 2.40. The van der Waals surface area contributed by atoms with Crippen molar-refractivity contribution < 1.29 is 4.42 Å². The third-order valence-electron chi connectivity index (χ3n) is 6.10. The molecule has 6 rings (SSSR count). The van der Waals surface area contributed by atoms with E-state index in [1.807, 2.05) is 30.5 Å². The number of benzene rings is 2. The van der Waals surface area contributed by atoms with Crippen LogP contribution in [0, 0.1) is 27.7 Å². The molecule has 0 amide bonds. The fraction of sp³-hybridized carbons (Fsp3) is 0.143. The molecule has 4 aromatic heterocycles. The molecule has 0 aliphatic rings. The van der Waals surface area contributed by atoms with Crippen molar-refractivity contribution in [3.8, 4) is 21.7 Å². The molecule has 0 bridgehead atoms. The SMILES string of the molecule is Cc1cc(C)c(-c2cc3cnc(-c4cccc5c4oc4nc(C)ccc45)cc3s2)c(C)c1. The summed E-state index contributed by atoms with van der Waals surface area (Å²) >= 11 is 1.82. The van der Waals surface area contributed by atoms with Crippen LogP contribution in [-0.2, 0) is 0 Å². The maximum atomic E-state index is 6.20. The molecular formula is C28H22N2OS. The first-order valence-corrected chi connectivity index (χ1v) is 11.6. The third kappa shape index (κ3) is 2.94. The molecule has 2 aromatic carbocycles. The molecule has 6 aromatic rings. The highest BCUT2D eigenvalue weighted by atomic mass is 32.1. The van der Waals surface area contributed by atoms with Crippen molar-refractivity contribution in [2.24, 2.45) is 0 Å². The number of hydrogen-bond acceptors (Lipinski definition) is 4. The summed E-state index contributed by atoms with van der Waals surface area (Å²) in [5.74, 6) is 0. The Kier molecular flexibility index (Phi) is 4.21. The van der Waals surface area contributed by atoms with Crippen LogP contribution in [-0.4, -0.2) is 9.97 Å². The van der Waals surface area contributed by atoms with E-state index in [2.05, 4.69) is 74.3 Å². The molecule has 0 saturated carbocycles. The van der Waals surface area contributed by atoms with E-state index in [1.165, 1.54) is 37.2 Å². The first-order chi connectivity index (χ1) is 15.5. The van der Waals surface area contributed by atoms with Gasteiger partial charge in [-0.05, 0) is 74.7 Å². The van der Waals surface area contributed by atoms with E-state index < -0.39 is 0 Å². The topological polar surface area (TPSA) is 38.9 Å². The number of pyridine rings is 2. The summed E-state index contributed by atoms with van der Waals surface area (Å²) in [5.41, 5.74) is 9.66. The van der Waals surface area contributed by atoms with Gasteiger partial charge in [-0.3, -0.25) is 4.98 Å². The molecule has 0 aliphatic carbocycles. The molecule has 4 heterocycles. The number of fused-ring (bicyclic) bond motifs is 4. The number of furan rings is 1. The van der Waals surface area contributed by atoms with Gasteiger partial charge in [-0.2, -0.15) is 0 Å². The predicted octanol–water partition coefficient (Wildman–Crippen LogP) is 8.16. The number of aryl methyl sites for hydroxylation is 4. The number of para-hydroxylation sites is 1. The lowest BCUT2D eigenvalue weighted by molar-refractivity contribution is 0.653. The summed E-state index contributed by atoms with van der Waals surface area (Å²) in [6.45, 7) is 8.53. The van der Waals surface area contributed by atoms with E-state index in [9.17, 15) is 0 Å². The van der Waals surface area contributed by atoms with Crippen LogP contribution in [0.4, 0.5) is 0 Å². The number of aromatic nitrogens is 2. The number of hydrogen-bond donors (Lipinski definition) is 0. The molecule has 156 valence electrons. The van der Waals surface area contributed by atoms with Crippen LogP contribution in [0.5, 0.6) is 0 Å². The van der Waals surface area contributed by atoms with Gasteiger partial charge in [0.1, 0.15) is 5.58 Å². The highest BCUT2D eigenvalue weighted by Gasteiger charge is 2.16. The predicted molar refractivity (Wildman–Crippen MR) is 135 cm³/mol. The van der Waals surface area contributed by atoms with Crippen LogP contribution in [0.2, 0.25) is 0 Å². The molecule has 0 N–H and O–H groups in total. The van der Waals surface area contributed by atoms with E-state index in [0.717, 1.165) is 33.3 Å². The van der Waals surface area contributed by atoms with E-state index in [-0.39, 0.29) is 0 Å². The minimum atomic E-state index is 0.678. The van der Waals surface area contributed by atoms with Gasteiger partial charge in [0.05, 0.1) is 5.69 Å². The smallest absolute Gasteiger partial charge is 0.227 e. The summed E-state index contributed by atoms with van der Waals surface area (Å²) < 4.78 is 7.43. The average molecular weight is 435 g/mol. The van der Waals surface area contributed by atoms with Gasteiger partial charge in [-0.1, -0.05) is 29.8 Å². The second-order valence-electron chi connectivity index (χ2n) is 8.58. The first-order valence-electron chi connectivity index (χ1n) is 10.7. The largest absolute Gasteiger partial charge is 0.437 e. The zero-order chi connectivity index (χ0) is 22.0. The summed E-state index contributed by atoms with van der Waals surface area (Å²) in [6, 6.07) is 19.3. The molecule has 0 fully saturated rings. The summed E-state index contributed by atoms with van der Waals surface area (Å²) in [6.07, 6.45) is 1.98. The van der Waals surface area contributed by atoms with Crippen molar-refractivity contribution in [1.29, 1.82) is 0 Å². The molecule has 0 saturated heterocycles. The molecule has 3 nitrogen and oxygen atoms in total. The molecule has 0 unspecified atom stereocenters. The molecule has 4 heteroatoms. The van der Waals surface area contributed by atoms with Crippen molar-refractivity contribution in [3.63, 3.8) is 0 Å². The molecule has 0 aliphatic heterocycles. The molecule has 0 spiro atoms. The lowest BCUT2D eigenvalue weighted by atomic mass is 9.98. The monoisotopic (exact) mass is 434 g/mol. The Hall–Kier alpha value is -3.50. The standard InChI is InChI=1S/C28H22N2OS/c1-15-10-16(2)26(17(3)11-15)25-12-19-14-29-23(13-24(19)32-25)22-7-5-6-20-21-9-8-18(4)30-28(21)31-27(20)22/h5-14H,1-4H3. The number of rotatable bonds is 2. The number of thiophene rings is 1. The Morgan fingerprint density at radius 3 is 2.47 bits per heavy atom. The quantitative estimate of drug-likeness (QED) is 0.276. The van der Waals surface area contributed by atoms with Gasteiger partial charge in [0.2, 0.25) is 5.71 Å². The van der Waals surface area contributed by atoms with Crippen molar-refractivity contribution in [2.45, 2.75) is 27.7 Å². The molecule has 0 radical (unpaired) electrons. The van der Waals surface area contributed by atoms with Crippen LogP contribution in [0.25, 0.3) is 53.9 Å².